The monoisotopic (exact) mass is 409 g/mol. The third-order valence-corrected chi connectivity index (χ3v) is 4.82. The number of aromatic amines is 2. The number of hydrogen-bond acceptors (Lipinski definition) is 5. The molecule has 0 fully saturated rings. The molecule has 0 radical (unpaired) electrons. The molecule has 0 aliphatic carbocycles. The van der Waals surface area contributed by atoms with Crippen molar-refractivity contribution in [3.63, 3.8) is 0 Å². The third kappa shape index (κ3) is 3.87. The van der Waals surface area contributed by atoms with Crippen LogP contribution < -0.4 is 10.1 Å². The van der Waals surface area contributed by atoms with Crippen molar-refractivity contribution in [3.05, 3.63) is 65.4 Å². The van der Waals surface area contributed by atoms with Crippen molar-refractivity contribution in [1.29, 1.82) is 0 Å². The summed E-state index contributed by atoms with van der Waals surface area (Å²) in [7, 11) is 1.89. The lowest BCUT2D eigenvalue weighted by Crippen LogP contribution is -2.07. The van der Waals surface area contributed by atoms with Crippen LogP contribution in [-0.4, -0.2) is 44.9 Å². The highest BCUT2D eigenvalue weighted by atomic mass is 19.1. The molecule has 0 bridgehead atoms. The number of imidazole rings is 1. The summed E-state index contributed by atoms with van der Waals surface area (Å²) in [6, 6.07) is 8.47. The molecule has 0 aliphatic rings. The van der Waals surface area contributed by atoms with E-state index in [0.717, 1.165) is 34.8 Å². The number of aromatic carboxylic acids is 1. The van der Waals surface area contributed by atoms with Crippen LogP contribution in [0.4, 0.5) is 4.39 Å². The Balaban J connectivity index is 1.57. The zero-order valence-corrected chi connectivity index (χ0v) is 16.2. The number of carbonyl (C=O) groups is 1. The van der Waals surface area contributed by atoms with Gasteiger partial charge in [-0.2, -0.15) is 9.49 Å². The van der Waals surface area contributed by atoms with Crippen molar-refractivity contribution in [1.82, 2.24) is 25.5 Å². The molecule has 0 saturated heterocycles. The zero-order valence-electron chi connectivity index (χ0n) is 16.2. The summed E-state index contributed by atoms with van der Waals surface area (Å²) in [5.74, 6) is -1.06. The standard InChI is InChI=1S/C21H20FN5O3/c1-23-9-14-3-2-12(16-10-25-27-19(14)16)6-7-30-17-8-13(21(28)29)4-5-15(17)20-24-11-18(22)26-20/h2-5,8,10-11,23H,6-7,9H2,1H3,(H,24,26)(H,25,27)(H,28,29). The van der Waals surface area contributed by atoms with E-state index < -0.39 is 11.9 Å². The number of aromatic nitrogens is 4. The number of nitrogens with zero attached hydrogens (tertiary/aromatic N) is 2. The number of halogens is 1. The highest BCUT2D eigenvalue weighted by molar-refractivity contribution is 5.89. The first-order valence-electron chi connectivity index (χ1n) is 9.36. The summed E-state index contributed by atoms with van der Waals surface area (Å²) in [4.78, 5) is 17.8. The van der Waals surface area contributed by atoms with Gasteiger partial charge in [-0.05, 0) is 36.4 Å². The second-order valence-corrected chi connectivity index (χ2v) is 6.77. The van der Waals surface area contributed by atoms with E-state index in [9.17, 15) is 14.3 Å². The summed E-state index contributed by atoms with van der Waals surface area (Å²) in [6.07, 6.45) is 3.43. The lowest BCUT2D eigenvalue weighted by molar-refractivity contribution is 0.0696. The molecule has 4 rings (SSSR count). The molecule has 9 heteroatoms. The summed E-state index contributed by atoms with van der Waals surface area (Å²) >= 11 is 0. The van der Waals surface area contributed by atoms with E-state index in [1.165, 1.54) is 12.1 Å². The first-order chi connectivity index (χ1) is 14.6. The van der Waals surface area contributed by atoms with Gasteiger partial charge in [0.05, 0.1) is 35.6 Å². The fourth-order valence-corrected chi connectivity index (χ4v) is 3.38. The maximum Gasteiger partial charge on any atom is 0.335 e. The third-order valence-electron chi connectivity index (χ3n) is 4.82. The number of H-pyrrole nitrogens is 2. The van der Waals surface area contributed by atoms with Gasteiger partial charge in [-0.15, -0.1) is 0 Å². The van der Waals surface area contributed by atoms with E-state index in [1.54, 1.807) is 12.3 Å². The number of rotatable bonds is 8. The molecule has 154 valence electrons. The molecule has 2 aromatic heterocycles. The Morgan fingerprint density at radius 1 is 1.23 bits per heavy atom. The molecule has 0 unspecified atom stereocenters. The van der Waals surface area contributed by atoms with Gasteiger partial charge in [0, 0.05) is 18.4 Å². The first-order valence-corrected chi connectivity index (χ1v) is 9.36. The van der Waals surface area contributed by atoms with Crippen LogP contribution in [-0.2, 0) is 13.0 Å². The molecule has 0 amide bonds. The van der Waals surface area contributed by atoms with Crippen LogP contribution in [0.5, 0.6) is 5.75 Å². The molecule has 4 N–H and O–H groups in total. The summed E-state index contributed by atoms with van der Waals surface area (Å²) < 4.78 is 19.3. The van der Waals surface area contributed by atoms with Crippen LogP contribution in [0.1, 0.15) is 21.5 Å². The fourth-order valence-electron chi connectivity index (χ4n) is 3.38. The molecule has 0 saturated carbocycles. The molecule has 0 aliphatic heterocycles. The smallest absolute Gasteiger partial charge is 0.335 e. The number of ether oxygens (including phenoxy) is 1. The van der Waals surface area contributed by atoms with Gasteiger partial charge in [0.25, 0.3) is 0 Å². The Kier molecular flexibility index (Phi) is 5.44. The molecule has 8 nitrogen and oxygen atoms in total. The van der Waals surface area contributed by atoms with Gasteiger partial charge in [-0.25, -0.2) is 9.78 Å². The molecular weight excluding hydrogens is 389 g/mol. The number of carboxylic acids is 1. The van der Waals surface area contributed by atoms with Crippen molar-refractivity contribution in [2.45, 2.75) is 13.0 Å². The Bertz CT molecular complexity index is 1200. The molecule has 30 heavy (non-hydrogen) atoms. The Morgan fingerprint density at radius 3 is 2.80 bits per heavy atom. The van der Waals surface area contributed by atoms with E-state index in [2.05, 4.69) is 25.5 Å². The minimum atomic E-state index is -1.07. The first kappa shape index (κ1) is 19.6. The van der Waals surface area contributed by atoms with Crippen LogP contribution in [0.3, 0.4) is 0 Å². The lowest BCUT2D eigenvalue weighted by Gasteiger charge is -2.12. The fraction of sp³-hybridized carbons (Fsp3) is 0.190. The summed E-state index contributed by atoms with van der Waals surface area (Å²) in [5, 5.41) is 20.6. The Labute approximate surface area is 171 Å². The van der Waals surface area contributed by atoms with Crippen LogP contribution in [0.25, 0.3) is 22.3 Å². The maximum absolute atomic E-state index is 13.4. The number of carboxylic acid groups (broad SMARTS) is 1. The van der Waals surface area contributed by atoms with Crippen molar-refractivity contribution in [2.24, 2.45) is 0 Å². The van der Waals surface area contributed by atoms with E-state index in [1.807, 2.05) is 19.2 Å². The van der Waals surface area contributed by atoms with E-state index in [0.29, 0.717) is 24.3 Å². The summed E-state index contributed by atoms with van der Waals surface area (Å²) in [6.45, 7) is 1.02. The maximum atomic E-state index is 13.4. The van der Waals surface area contributed by atoms with E-state index in [4.69, 9.17) is 4.74 Å². The van der Waals surface area contributed by atoms with Crippen molar-refractivity contribution in [3.8, 4) is 17.1 Å². The SMILES string of the molecule is CNCc1ccc(CCOc2cc(C(=O)O)ccc2-c2ncc(F)[nH]2)c2cn[nH]c12. The van der Waals surface area contributed by atoms with Gasteiger partial charge in [0.2, 0.25) is 5.95 Å². The van der Waals surface area contributed by atoms with Gasteiger partial charge < -0.3 is 20.1 Å². The van der Waals surface area contributed by atoms with Gasteiger partial charge in [0.15, 0.2) is 0 Å². The Morgan fingerprint density at radius 2 is 2.07 bits per heavy atom. The van der Waals surface area contributed by atoms with Crippen LogP contribution in [0.15, 0.2) is 42.7 Å². The highest BCUT2D eigenvalue weighted by Crippen LogP contribution is 2.30. The number of fused-ring (bicyclic) bond motifs is 1. The lowest BCUT2D eigenvalue weighted by atomic mass is 10.0. The molecular formula is C21H20FN5O3. The number of hydrogen-bond donors (Lipinski definition) is 4. The molecule has 0 atom stereocenters. The van der Waals surface area contributed by atoms with Crippen molar-refractivity contribution >= 4 is 16.9 Å². The molecule has 4 aromatic rings. The second kappa shape index (κ2) is 8.34. The minimum Gasteiger partial charge on any atom is -0.492 e. The zero-order chi connectivity index (χ0) is 21.1. The van der Waals surface area contributed by atoms with Crippen LogP contribution >= 0.6 is 0 Å². The van der Waals surface area contributed by atoms with Gasteiger partial charge in [-0.3, -0.25) is 5.10 Å². The van der Waals surface area contributed by atoms with Crippen LogP contribution in [0.2, 0.25) is 0 Å². The van der Waals surface area contributed by atoms with Gasteiger partial charge in [-0.1, -0.05) is 12.1 Å². The molecule has 2 heterocycles. The topological polar surface area (TPSA) is 116 Å². The predicted octanol–water partition coefficient (Wildman–Crippen LogP) is 3.13. The normalized spacial score (nSPS) is 11.1. The van der Waals surface area contributed by atoms with Crippen molar-refractivity contribution < 1.29 is 19.0 Å². The Hall–Kier alpha value is -3.72. The predicted molar refractivity (Wildman–Crippen MR) is 109 cm³/mol. The molecule has 2 aromatic carbocycles. The van der Waals surface area contributed by atoms with E-state index in [-0.39, 0.29) is 11.4 Å². The van der Waals surface area contributed by atoms with Gasteiger partial charge >= 0.3 is 5.97 Å². The molecule has 0 spiro atoms. The summed E-state index contributed by atoms with van der Waals surface area (Å²) in [5.41, 5.74) is 3.71. The van der Waals surface area contributed by atoms with Crippen LogP contribution in [0, 0.1) is 5.95 Å². The van der Waals surface area contributed by atoms with Crippen molar-refractivity contribution in [2.75, 3.05) is 13.7 Å². The minimum absolute atomic E-state index is 0.0782. The quantitative estimate of drug-likeness (QED) is 0.355. The van der Waals surface area contributed by atoms with E-state index >= 15 is 0 Å². The number of benzene rings is 2. The average Bonchev–Trinajstić information content (AvgIpc) is 3.39. The average molecular weight is 409 g/mol. The second-order valence-electron chi connectivity index (χ2n) is 6.77. The number of nitrogens with one attached hydrogen (secondary N) is 3. The highest BCUT2D eigenvalue weighted by Gasteiger charge is 2.15. The van der Waals surface area contributed by atoms with Gasteiger partial charge in [0.1, 0.15) is 11.6 Å². The largest absolute Gasteiger partial charge is 0.492 e.